The van der Waals surface area contributed by atoms with Crippen LogP contribution in [0.5, 0.6) is 0 Å². The smallest absolute Gasteiger partial charge is 0.338 e. The molecule has 0 radical (unpaired) electrons. The standard InChI is InChI=1S/C21H18O4/c1-2-24-20(22)17-10-7-15(8-11-17)5-3-4-6-16-9-12-19-18(13-16)14-25-21(19)23/h7-13H,2,4,6,14H2,1H3. The highest BCUT2D eigenvalue weighted by Crippen LogP contribution is 2.21. The molecule has 2 aromatic rings. The summed E-state index contributed by atoms with van der Waals surface area (Å²) < 4.78 is 9.95. The highest BCUT2D eigenvalue weighted by molar-refractivity contribution is 5.93. The summed E-state index contributed by atoms with van der Waals surface area (Å²) in [5, 5.41) is 0. The van der Waals surface area contributed by atoms with Crippen molar-refractivity contribution in [2.24, 2.45) is 0 Å². The Balaban J connectivity index is 1.56. The Morgan fingerprint density at radius 2 is 2.00 bits per heavy atom. The molecule has 1 heterocycles. The number of cyclic esters (lactones) is 1. The first-order valence-corrected chi connectivity index (χ1v) is 8.22. The Labute approximate surface area is 146 Å². The lowest BCUT2D eigenvalue weighted by molar-refractivity contribution is 0.0520. The van der Waals surface area contributed by atoms with Gasteiger partial charge in [-0.1, -0.05) is 24.0 Å². The lowest BCUT2D eigenvalue weighted by Crippen LogP contribution is -2.04. The van der Waals surface area contributed by atoms with Crippen molar-refractivity contribution in [3.63, 3.8) is 0 Å². The van der Waals surface area contributed by atoms with Gasteiger partial charge in [0.1, 0.15) is 6.61 Å². The van der Waals surface area contributed by atoms with Crippen molar-refractivity contribution in [2.75, 3.05) is 6.61 Å². The molecule has 0 fully saturated rings. The van der Waals surface area contributed by atoms with Gasteiger partial charge in [-0.05, 0) is 49.2 Å². The second-order valence-corrected chi connectivity index (χ2v) is 5.67. The Hall–Kier alpha value is -3.06. The third-order valence-corrected chi connectivity index (χ3v) is 3.92. The molecular formula is C21H18O4. The van der Waals surface area contributed by atoms with Crippen molar-refractivity contribution in [1.29, 1.82) is 0 Å². The predicted octanol–water partition coefficient (Wildman–Crippen LogP) is 3.52. The third-order valence-electron chi connectivity index (χ3n) is 3.92. The van der Waals surface area contributed by atoms with Crippen LogP contribution in [-0.4, -0.2) is 18.5 Å². The lowest BCUT2D eigenvalue weighted by atomic mass is 10.0. The van der Waals surface area contributed by atoms with Gasteiger partial charge in [0, 0.05) is 17.5 Å². The molecule has 4 nitrogen and oxygen atoms in total. The van der Waals surface area contributed by atoms with Gasteiger partial charge in [0.2, 0.25) is 0 Å². The quantitative estimate of drug-likeness (QED) is 0.634. The van der Waals surface area contributed by atoms with Gasteiger partial charge < -0.3 is 9.47 Å². The highest BCUT2D eigenvalue weighted by atomic mass is 16.5. The van der Waals surface area contributed by atoms with Crippen LogP contribution in [0.1, 0.15) is 50.8 Å². The molecule has 0 saturated heterocycles. The first-order valence-electron chi connectivity index (χ1n) is 8.22. The number of aryl methyl sites for hydroxylation is 1. The average molecular weight is 334 g/mol. The molecule has 1 aliphatic heterocycles. The molecule has 2 aromatic carbocycles. The summed E-state index contributed by atoms with van der Waals surface area (Å²) in [6.45, 7) is 2.51. The number of carbonyl (C=O) groups excluding carboxylic acids is 2. The number of fused-ring (bicyclic) bond motifs is 1. The van der Waals surface area contributed by atoms with Gasteiger partial charge in [-0.3, -0.25) is 0 Å². The third kappa shape index (κ3) is 4.07. The van der Waals surface area contributed by atoms with E-state index in [4.69, 9.17) is 9.47 Å². The maximum atomic E-state index is 11.6. The van der Waals surface area contributed by atoms with E-state index in [0.29, 0.717) is 30.8 Å². The molecule has 4 heteroatoms. The maximum Gasteiger partial charge on any atom is 0.338 e. The van der Waals surface area contributed by atoms with Gasteiger partial charge in [-0.25, -0.2) is 9.59 Å². The molecule has 0 saturated carbocycles. The summed E-state index contributed by atoms with van der Waals surface area (Å²) in [6, 6.07) is 12.9. The van der Waals surface area contributed by atoms with Crippen molar-refractivity contribution < 1.29 is 19.1 Å². The van der Waals surface area contributed by atoms with Crippen molar-refractivity contribution >= 4 is 11.9 Å². The van der Waals surface area contributed by atoms with Crippen LogP contribution in [0.4, 0.5) is 0 Å². The van der Waals surface area contributed by atoms with Crippen molar-refractivity contribution in [2.45, 2.75) is 26.4 Å². The SMILES string of the molecule is CCOC(=O)c1ccc(C#CCCc2ccc3c(c2)COC3=O)cc1. The molecule has 0 N–H and O–H groups in total. The minimum atomic E-state index is -0.318. The maximum absolute atomic E-state index is 11.6. The van der Waals surface area contributed by atoms with Crippen LogP contribution in [0.3, 0.4) is 0 Å². The number of hydrogen-bond donors (Lipinski definition) is 0. The van der Waals surface area contributed by atoms with Gasteiger partial charge >= 0.3 is 11.9 Å². The fourth-order valence-electron chi connectivity index (χ4n) is 2.62. The molecule has 0 aromatic heterocycles. The van der Waals surface area contributed by atoms with E-state index in [1.807, 2.05) is 30.3 Å². The summed E-state index contributed by atoms with van der Waals surface area (Å²) in [5.74, 6) is 5.67. The van der Waals surface area contributed by atoms with E-state index in [-0.39, 0.29) is 11.9 Å². The second kappa shape index (κ2) is 7.67. The summed E-state index contributed by atoms with van der Waals surface area (Å²) >= 11 is 0. The average Bonchev–Trinajstić information content (AvgIpc) is 3.00. The minimum absolute atomic E-state index is 0.243. The van der Waals surface area contributed by atoms with Crippen LogP contribution in [0.15, 0.2) is 42.5 Å². The summed E-state index contributed by atoms with van der Waals surface area (Å²) in [4.78, 5) is 23.0. The number of esters is 2. The van der Waals surface area contributed by atoms with Crippen LogP contribution in [-0.2, 0) is 22.5 Å². The molecule has 0 aliphatic carbocycles. The molecule has 0 spiro atoms. The molecular weight excluding hydrogens is 316 g/mol. The van der Waals surface area contributed by atoms with Gasteiger partial charge in [0.05, 0.1) is 17.7 Å². The number of ether oxygens (including phenoxy) is 2. The molecule has 0 bridgehead atoms. The summed E-state index contributed by atoms with van der Waals surface area (Å²) in [7, 11) is 0. The molecule has 25 heavy (non-hydrogen) atoms. The van der Waals surface area contributed by atoms with Gasteiger partial charge in [0.25, 0.3) is 0 Å². The van der Waals surface area contributed by atoms with Crippen LogP contribution in [0.25, 0.3) is 0 Å². The van der Waals surface area contributed by atoms with Gasteiger partial charge in [-0.2, -0.15) is 0 Å². The van der Waals surface area contributed by atoms with Crippen molar-refractivity contribution in [3.05, 3.63) is 70.3 Å². The lowest BCUT2D eigenvalue weighted by Gasteiger charge is -2.01. The van der Waals surface area contributed by atoms with Crippen molar-refractivity contribution in [1.82, 2.24) is 0 Å². The Bertz CT molecular complexity index is 854. The summed E-state index contributed by atoms with van der Waals surface area (Å²) in [5.41, 5.74) is 4.15. The predicted molar refractivity (Wildman–Crippen MR) is 93.2 cm³/mol. The molecule has 0 unspecified atom stereocenters. The number of hydrogen-bond acceptors (Lipinski definition) is 4. The van der Waals surface area contributed by atoms with Gasteiger partial charge in [-0.15, -0.1) is 0 Å². The van der Waals surface area contributed by atoms with Crippen LogP contribution in [0.2, 0.25) is 0 Å². The van der Waals surface area contributed by atoms with Crippen LogP contribution < -0.4 is 0 Å². The minimum Gasteiger partial charge on any atom is -0.462 e. The second-order valence-electron chi connectivity index (χ2n) is 5.67. The number of rotatable bonds is 4. The van der Waals surface area contributed by atoms with E-state index in [2.05, 4.69) is 11.8 Å². The first-order chi connectivity index (χ1) is 12.2. The highest BCUT2D eigenvalue weighted by Gasteiger charge is 2.20. The number of benzene rings is 2. The molecule has 3 rings (SSSR count). The van der Waals surface area contributed by atoms with Crippen molar-refractivity contribution in [3.8, 4) is 11.8 Å². The van der Waals surface area contributed by atoms with E-state index >= 15 is 0 Å². The Morgan fingerprint density at radius 1 is 1.20 bits per heavy atom. The fraction of sp³-hybridized carbons (Fsp3) is 0.238. The Morgan fingerprint density at radius 3 is 2.76 bits per heavy atom. The monoisotopic (exact) mass is 334 g/mol. The normalized spacial score (nSPS) is 12.0. The topological polar surface area (TPSA) is 52.6 Å². The molecule has 1 aliphatic rings. The largest absolute Gasteiger partial charge is 0.462 e. The molecule has 126 valence electrons. The van der Waals surface area contributed by atoms with E-state index in [1.165, 1.54) is 0 Å². The van der Waals surface area contributed by atoms with Crippen LogP contribution >= 0.6 is 0 Å². The summed E-state index contributed by atoms with van der Waals surface area (Å²) in [6.07, 6.45) is 1.53. The number of carbonyl (C=O) groups is 2. The van der Waals surface area contributed by atoms with E-state index in [9.17, 15) is 9.59 Å². The first kappa shape index (κ1) is 16.8. The Kier molecular flexibility index (Phi) is 5.15. The van der Waals surface area contributed by atoms with E-state index < -0.39 is 0 Å². The molecule has 0 atom stereocenters. The molecule has 0 amide bonds. The van der Waals surface area contributed by atoms with Crippen LogP contribution in [0, 0.1) is 11.8 Å². The van der Waals surface area contributed by atoms with Gasteiger partial charge in [0.15, 0.2) is 0 Å². The zero-order valence-corrected chi connectivity index (χ0v) is 14.0. The van der Waals surface area contributed by atoms with E-state index in [0.717, 1.165) is 23.1 Å². The fourth-order valence-corrected chi connectivity index (χ4v) is 2.62. The van der Waals surface area contributed by atoms with E-state index in [1.54, 1.807) is 19.1 Å². The zero-order chi connectivity index (χ0) is 17.6. The zero-order valence-electron chi connectivity index (χ0n) is 14.0.